The zero-order valence-corrected chi connectivity index (χ0v) is 16.5. The molecule has 2 heterocycles. The van der Waals surface area contributed by atoms with E-state index in [9.17, 15) is 14.7 Å². The van der Waals surface area contributed by atoms with Gasteiger partial charge in [-0.3, -0.25) is 9.59 Å². The summed E-state index contributed by atoms with van der Waals surface area (Å²) in [5.74, 6) is -0.178. The minimum absolute atomic E-state index is 0. The van der Waals surface area contributed by atoms with Crippen LogP contribution < -0.4 is 16.4 Å². The molecule has 5 N–H and O–H groups in total. The molecule has 1 aliphatic carbocycles. The van der Waals surface area contributed by atoms with Crippen molar-refractivity contribution in [1.82, 2.24) is 4.90 Å². The molecule has 0 bridgehead atoms. The van der Waals surface area contributed by atoms with E-state index in [-0.39, 0.29) is 48.6 Å². The molecule has 27 heavy (non-hydrogen) atoms. The molecular weight excluding hydrogens is 391 g/mol. The van der Waals surface area contributed by atoms with Crippen LogP contribution in [0.2, 0.25) is 0 Å². The highest BCUT2D eigenvalue weighted by molar-refractivity contribution is 6.06. The normalized spacial score (nSPS) is 28.3. The fraction of sp³-hybridized carbons (Fsp3) is 0.556. The number of piperidine rings is 1. The average Bonchev–Trinajstić information content (AvgIpc) is 2.95. The quantitative estimate of drug-likeness (QED) is 0.552. The van der Waals surface area contributed by atoms with Crippen LogP contribution in [-0.4, -0.2) is 52.6 Å². The summed E-state index contributed by atoms with van der Waals surface area (Å²) >= 11 is 0. The van der Waals surface area contributed by atoms with E-state index in [1.165, 1.54) is 0 Å². The number of rotatable bonds is 1. The van der Waals surface area contributed by atoms with Gasteiger partial charge in [0.05, 0.1) is 17.5 Å². The summed E-state index contributed by atoms with van der Waals surface area (Å²) in [5, 5.41) is 16.2. The third kappa shape index (κ3) is 3.87. The summed E-state index contributed by atoms with van der Waals surface area (Å²) in [6.45, 7) is 1.06. The van der Waals surface area contributed by atoms with Crippen molar-refractivity contribution in [3.63, 3.8) is 0 Å². The number of amides is 2. The van der Waals surface area contributed by atoms with E-state index in [4.69, 9.17) is 5.73 Å². The number of likely N-dealkylation sites (tertiary alicyclic amines) is 1. The fourth-order valence-corrected chi connectivity index (χ4v) is 4.23. The van der Waals surface area contributed by atoms with Crippen LogP contribution in [0.15, 0.2) is 24.3 Å². The highest BCUT2D eigenvalue weighted by Crippen LogP contribution is 2.37. The van der Waals surface area contributed by atoms with Crippen LogP contribution in [0.5, 0.6) is 0 Å². The van der Waals surface area contributed by atoms with Crippen LogP contribution >= 0.6 is 24.8 Å². The molecule has 2 aliphatic heterocycles. The molecule has 0 aromatic heterocycles. The predicted molar refractivity (Wildman–Crippen MR) is 108 cm³/mol. The van der Waals surface area contributed by atoms with Gasteiger partial charge in [0.1, 0.15) is 5.54 Å². The van der Waals surface area contributed by atoms with Gasteiger partial charge in [0.2, 0.25) is 11.8 Å². The number of fused-ring (bicyclic) bond motifs is 1. The topological polar surface area (TPSA) is 108 Å². The number of aliphatic hydroxyl groups is 1. The van der Waals surface area contributed by atoms with E-state index >= 15 is 0 Å². The summed E-state index contributed by atoms with van der Waals surface area (Å²) < 4.78 is 0. The monoisotopic (exact) mass is 416 g/mol. The van der Waals surface area contributed by atoms with E-state index in [2.05, 4.69) is 10.6 Å². The molecule has 3 atom stereocenters. The predicted octanol–water partition coefficient (Wildman–Crippen LogP) is 1.35. The summed E-state index contributed by atoms with van der Waals surface area (Å²) in [4.78, 5) is 27.1. The number of carbonyl (C=O) groups is 2. The van der Waals surface area contributed by atoms with Crippen molar-refractivity contribution in [3.05, 3.63) is 24.3 Å². The van der Waals surface area contributed by atoms with Gasteiger partial charge in [-0.1, -0.05) is 12.1 Å². The standard InChI is InChI=1S/C18H24N4O3.2ClH/c19-12-9-11(10-15(12)23)16(24)22-7-5-18(6-8-22)17(25)20-13-3-1-2-4-14(13)21-18;;/h1-4,11-12,15,21,23H,5-10,19H2,(H,20,25);2*1H/t11-,12+,15+;;/m0../s1. The van der Waals surface area contributed by atoms with Crippen LogP contribution in [0.4, 0.5) is 11.4 Å². The highest BCUT2D eigenvalue weighted by atomic mass is 35.5. The number of nitrogens with two attached hydrogens (primary N) is 1. The Hall–Kier alpha value is -1.54. The zero-order valence-electron chi connectivity index (χ0n) is 14.9. The number of para-hydroxylation sites is 2. The molecule has 1 aromatic rings. The smallest absolute Gasteiger partial charge is 0.250 e. The minimum Gasteiger partial charge on any atom is -0.391 e. The maximum absolute atomic E-state index is 12.7. The molecule has 2 fully saturated rings. The average molecular weight is 417 g/mol. The van der Waals surface area contributed by atoms with Gasteiger partial charge < -0.3 is 26.4 Å². The Balaban J connectivity index is 0.00000131. The highest BCUT2D eigenvalue weighted by Gasteiger charge is 2.46. The van der Waals surface area contributed by atoms with E-state index in [1.807, 2.05) is 29.2 Å². The third-order valence-electron chi connectivity index (χ3n) is 5.84. The summed E-state index contributed by atoms with van der Waals surface area (Å²) in [5.41, 5.74) is 6.89. The first-order valence-corrected chi connectivity index (χ1v) is 8.90. The van der Waals surface area contributed by atoms with E-state index in [1.54, 1.807) is 0 Å². The maximum atomic E-state index is 12.7. The van der Waals surface area contributed by atoms with Crippen LogP contribution in [0, 0.1) is 5.92 Å². The Bertz CT molecular complexity index is 700. The Morgan fingerprint density at radius 3 is 2.37 bits per heavy atom. The van der Waals surface area contributed by atoms with Gasteiger partial charge in [-0.25, -0.2) is 0 Å². The van der Waals surface area contributed by atoms with Gasteiger partial charge in [0.25, 0.3) is 0 Å². The van der Waals surface area contributed by atoms with Gasteiger partial charge >= 0.3 is 0 Å². The SMILES string of the molecule is Cl.Cl.N[C@@H]1C[C@H](C(=O)N2CCC3(CC2)Nc2ccccc2NC3=O)C[C@H]1O. The van der Waals surface area contributed by atoms with Crippen molar-refractivity contribution in [2.75, 3.05) is 23.7 Å². The Labute approximate surface area is 170 Å². The van der Waals surface area contributed by atoms with Crippen LogP contribution in [0.25, 0.3) is 0 Å². The molecule has 2 amide bonds. The van der Waals surface area contributed by atoms with E-state index < -0.39 is 11.6 Å². The van der Waals surface area contributed by atoms with Crippen LogP contribution in [0.3, 0.4) is 0 Å². The number of benzene rings is 1. The van der Waals surface area contributed by atoms with Crippen LogP contribution in [-0.2, 0) is 9.59 Å². The molecule has 3 aliphatic rings. The molecule has 0 unspecified atom stereocenters. The maximum Gasteiger partial charge on any atom is 0.250 e. The van der Waals surface area contributed by atoms with Gasteiger partial charge in [-0.05, 0) is 37.8 Å². The second kappa shape index (κ2) is 8.22. The number of nitrogens with one attached hydrogen (secondary N) is 2. The largest absolute Gasteiger partial charge is 0.391 e. The molecule has 1 aromatic carbocycles. The molecule has 7 nitrogen and oxygen atoms in total. The minimum atomic E-state index is -0.656. The van der Waals surface area contributed by atoms with Gasteiger partial charge in [0, 0.05) is 25.0 Å². The van der Waals surface area contributed by atoms with Crippen molar-refractivity contribution in [2.45, 2.75) is 43.4 Å². The number of nitrogens with zero attached hydrogens (tertiary/aromatic N) is 1. The number of hydrogen-bond acceptors (Lipinski definition) is 5. The Morgan fingerprint density at radius 2 is 1.78 bits per heavy atom. The van der Waals surface area contributed by atoms with Gasteiger partial charge in [-0.2, -0.15) is 0 Å². The molecule has 0 radical (unpaired) electrons. The van der Waals surface area contributed by atoms with Crippen molar-refractivity contribution in [1.29, 1.82) is 0 Å². The van der Waals surface area contributed by atoms with E-state index in [0.29, 0.717) is 38.8 Å². The first-order chi connectivity index (χ1) is 12.0. The van der Waals surface area contributed by atoms with Crippen molar-refractivity contribution in [2.24, 2.45) is 11.7 Å². The van der Waals surface area contributed by atoms with Gasteiger partial charge in [-0.15, -0.1) is 24.8 Å². The lowest BCUT2D eigenvalue weighted by atomic mass is 9.84. The van der Waals surface area contributed by atoms with E-state index in [0.717, 1.165) is 11.4 Å². The molecule has 4 rings (SSSR count). The molecule has 9 heteroatoms. The Morgan fingerprint density at radius 1 is 1.15 bits per heavy atom. The Kier molecular flexibility index (Phi) is 6.63. The lowest BCUT2D eigenvalue weighted by Crippen LogP contribution is -2.59. The van der Waals surface area contributed by atoms with Crippen molar-refractivity contribution in [3.8, 4) is 0 Å². The van der Waals surface area contributed by atoms with Crippen LogP contribution in [0.1, 0.15) is 25.7 Å². The molecular formula is C18H26Cl2N4O3. The fourth-order valence-electron chi connectivity index (χ4n) is 4.23. The molecule has 150 valence electrons. The third-order valence-corrected chi connectivity index (χ3v) is 5.84. The second-order valence-corrected chi connectivity index (χ2v) is 7.43. The zero-order chi connectivity index (χ0) is 17.6. The first-order valence-electron chi connectivity index (χ1n) is 8.90. The number of aliphatic hydroxyl groups excluding tert-OH is 1. The number of halogens is 2. The molecule has 1 spiro atoms. The van der Waals surface area contributed by atoms with Crippen molar-refractivity contribution >= 4 is 48.0 Å². The first kappa shape index (κ1) is 21.8. The number of anilines is 2. The summed E-state index contributed by atoms with van der Waals surface area (Å²) in [6.07, 6.45) is 1.52. The number of hydrogen-bond donors (Lipinski definition) is 4. The molecule has 1 saturated carbocycles. The second-order valence-electron chi connectivity index (χ2n) is 7.43. The van der Waals surface area contributed by atoms with Gasteiger partial charge in [0.15, 0.2) is 0 Å². The summed E-state index contributed by atoms with van der Waals surface area (Å²) in [7, 11) is 0. The summed E-state index contributed by atoms with van der Waals surface area (Å²) in [6, 6.07) is 7.34. The number of carbonyl (C=O) groups excluding carboxylic acids is 2. The lowest BCUT2D eigenvalue weighted by molar-refractivity contribution is -0.138. The van der Waals surface area contributed by atoms with Crippen molar-refractivity contribution < 1.29 is 14.7 Å². The molecule has 1 saturated heterocycles. The lowest BCUT2D eigenvalue weighted by Gasteiger charge is -2.44.